The highest BCUT2D eigenvalue weighted by molar-refractivity contribution is 6.24. The van der Waals surface area contributed by atoms with Crippen LogP contribution in [0.25, 0.3) is 105 Å². The molecule has 0 bridgehead atoms. The quantitative estimate of drug-likeness (QED) is 0.160. The lowest BCUT2D eigenvalue weighted by Crippen LogP contribution is -2.05. The predicted molar refractivity (Wildman–Crippen MR) is 241 cm³/mol. The van der Waals surface area contributed by atoms with E-state index in [-0.39, 0.29) is 0 Å². The van der Waals surface area contributed by atoms with E-state index in [2.05, 4.69) is 191 Å². The van der Waals surface area contributed by atoms with Gasteiger partial charge in [0.25, 0.3) is 0 Å². The number of para-hydroxylation sites is 3. The number of aromatic nitrogens is 4. The van der Waals surface area contributed by atoms with Gasteiger partial charge in [0.05, 0.1) is 27.8 Å². The van der Waals surface area contributed by atoms with Crippen LogP contribution in [0.15, 0.2) is 181 Å². The predicted octanol–water partition coefficient (Wildman–Crippen LogP) is 13.7. The molecule has 0 aliphatic heterocycles. The number of aliphatic imine (C=N–C) groups is 1. The van der Waals surface area contributed by atoms with Gasteiger partial charge in [0.1, 0.15) is 11.4 Å². The fourth-order valence-corrected chi connectivity index (χ4v) is 8.89. The van der Waals surface area contributed by atoms with E-state index in [9.17, 15) is 0 Å². The Morgan fingerprint density at radius 1 is 0.509 bits per heavy atom. The Labute approximate surface area is 329 Å². The number of nitrogens with zero attached hydrogens (tertiary/aromatic N) is 5. The largest absolute Gasteiger partial charge is 0.309 e. The third-order valence-electron chi connectivity index (χ3n) is 11.3. The van der Waals surface area contributed by atoms with Gasteiger partial charge in [-0.3, -0.25) is 9.56 Å². The van der Waals surface area contributed by atoms with E-state index < -0.39 is 0 Å². The molecule has 0 spiro atoms. The highest BCUT2D eigenvalue weighted by atomic mass is 15.2. The molecule has 0 N–H and O–H groups in total. The highest BCUT2D eigenvalue weighted by Gasteiger charge is 2.23. The smallest absolute Gasteiger partial charge is 0.235 e. The van der Waals surface area contributed by atoms with Gasteiger partial charge in [-0.15, -0.1) is 0 Å². The Balaban J connectivity index is 1.23. The monoisotopic (exact) mass is 729 g/mol. The Bertz CT molecular complexity index is 3430. The summed E-state index contributed by atoms with van der Waals surface area (Å²) in [5, 5.41) is 9.35. The summed E-state index contributed by atoms with van der Waals surface area (Å²) in [5.41, 5.74) is 11.0. The minimum Gasteiger partial charge on any atom is -0.309 e. The molecule has 11 aromatic rings. The summed E-state index contributed by atoms with van der Waals surface area (Å²) >= 11 is 0. The molecule has 3 heterocycles. The first-order valence-corrected chi connectivity index (χ1v) is 19.3. The van der Waals surface area contributed by atoms with Crippen LogP contribution >= 0.6 is 0 Å². The normalized spacial score (nSPS) is 11.9. The molecule has 0 saturated heterocycles. The number of fused-ring (bicyclic) bond motifs is 9. The molecule has 0 radical (unpaired) electrons. The molecule has 57 heavy (non-hydrogen) atoms. The molecule has 0 amide bonds. The zero-order valence-electron chi connectivity index (χ0n) is 31.3. The topological polar surface area (TPSA) is 48.0 Å². The van der Waals surface area contributed by atoms with Gasteiger partial charge in [0, 0.05) is 32.8 Å². The zero-order chi connectivity index (χ0) is 38.0. The minimum absolute atomic E-state index is 0.576. The second kappa shape index (κ2) is 13.0. The van der Waals surface area contributed by atoms with Gasteiger partial charge in [-0.1, -0.05) is 133 Å². The average Bonchev–Trinajstić information content (AvgIpc) is 3.79. The second-order valence-electron chi connectivity index (χ2n) is 14.4. The summed E-state index contributed by atoms with van der Waals surface area (Å²) in [7, 11) is 0. The van der Waals surface area contributed by atoms with Crippen molar-refractivity contribution in [2.75, 3.05) is 0 Å². The molecule has 0 aliphatic rings. The molecular weight excluding hydrogens is 695 g/mol. The van der Waals surface area contributed by atoms with Gasteiger partial charge in [-0.25, -0.2) is 9.97 Å². The van der Waals surface area contributed by atoms with Gasteiger partial charge in [0.2, 0.25) is 5.95 Å². The summed E-state index contributed by atoms with van der Waals surface area (Å²) in [4.78, 5) is 15.2. The van der Waals surface area contributed by atoms with Crippen LogP contribution < -0.4 is 0 Å². The molecule has 5 heteroatoms. The fourth-order valence-electron chi connectivity index (χ4n) is 8.89. The van der Waals surface area contributed by atoms with Crippen LogP contribution in [0, 0.1) is 0 Å². The number of benzene rings is 8. The van der Waals surface area contributed by atoms with Crippen LogP contribution in [0.1, 0.15) is 12.6 Å². The van der Waals surface area contributed by atoms with Gasteiger partial charge < -0.3 is 4.57 Å². The van der Waals surface area contributed by atoms with E-state index in [4.69, 9.17) is 9.97 Å². The first-order valence-electron chi connectivity index (χ1n) is 19.3. The molecule has 0 saturated carbocycles. The van der Waals surface area contributed by atoms with Crippen LogP contribution in [-0.2, 0) is 0 Å². The lowest BCUT2D eigenvalue weighted by atomic mass is 9.94. The Morgan fingerprint density at radius 2 is 1.16 bits per heavy atom. The minimum atomic E-state index is 0.576. The van der Waals surface area contributed by atoms with Crippen molar-refractivity contribution in [1.82, 2.24) is 19.1 Å². The lowest BCUT2D eigenvalue weighted by Gasteiger charge is -2.15. The maximum Gasteiger partial charge on any atom is 0.235 e. The third-order valence-corrected chi connectivity index (χ3v) is 11.3. The molecule has 3 aromatic heterocycles. The number of rotatable bonds is 6. The van der Waals surface area contributed by atoms with Crippen molar-refractivity contribution >= 4 is 83.6 Å². The Morgan fingerprint density at radius 3 is 1.95 bits per heavy atom. The van der Waals surface area contributed by atoms with E-state index in [0.29, 0.717) is 17.3 Å². The van der Waals surface area contributed by atoms with Gasteiger partial charge >= 0.3 is 0 Å². The van der Waals surface area contributed by atoms with Crippen LogP contribution in [0.3, 0.4) is 0 Å². The summed E-state index contributed by atoms with van der Waals surface area (Å²) in [6, 6.07) is 60.6. The molecule has 11 rings (SSSR count). The van der Waals surface area contributed by atoms with Crippen LogP contribution in [-0.4, -0.2) is 25.8 Å². The van der Waals surface area contributed by atoms with Crippen molar-refractivity contribution < 1.29 is 0 Å². The van der Waals surface area contributed by atoms with Crippen LogP contribution in [0.2, 0.25) is 0 Å². The summed E-state index contributed by atoms with van der Waals surface area (Å²) in [6.07, 6.45) is 4.00. The average molecular weight is 730 g/mol. The van der Waals surface area contributed by atoms with Gasteiger partial charge in [0.15, 0.2) is 0 Å². The van der Waals surface area contributed by atoms with Crippen LogP contribution in [0.4, 0.5) is 5.69 Å². The van der Waals surface area contributed by atoms with Crippen LogP contribution in [0.5, 0.6) is 0 Å². The van der Waals surface area contributed by atoms with Crippen molar-refractivity contribution in [3.8, 4) is 34.0 Å². The molecular formula is C52H35N5. The second-order valence-corrected chi connectivity index (χ2v) is 14.4. The van der Waals surface area contributed by atoms with E-state index in [1.807, 2.05) is 19.1 Å². The van der Waals surface area contributed by atoms with E-state index in [1.165, 1.54) is 38.0 Å². The lowest BCUT2D eigenvalue weighted by molar-refractivity contribution is 0.986. The standard InChI is InChI=1S/C52H35N5/c1-3-16-44-51(53-2)50(40-26-15-18-33-17-7-8-21-36(33)40)55-52(54-44)57-46-28-14-12-25-41(46)49-39-24-10-9-22-37(39)42(32-48(49)57)34-29-30-47-43(31-34)38-23-11-13-27-45(38)56(47)35-19-5-4-6-20-35/h3-32H,2H2,1H3/b16-3-. The molecule has 0 atom stereocenters. The maximum absolute atomic E-state index is 5.42. The highest BCUT2D eigenvalue weighted by Crippen LogP contribution is 2.44. The fraction of sp³-hybridized carbons (Fsp3) is 0.0192. The summed E-state index contributed by atoms with van der Waals surface area (Å²) < 4.78 is 4.59. The molecule has 0 aliphatic carbocycles. The SMILES string of the molecule is C=Nc1c(/C=C\C)nc(-n2c3ccccc3c3c4ccccc4c(-c4ccc5c(c4)c4ccccc4n5-c4ccccc4)cc32)nc1-c1cccc2ccccc12. The summed E-state index contributed by atoms with van der Waals surface area (Å²) in [5.74, 6) is 0.576. The molecule has 8 aromatic carbocycles. The number of hydrogen-bond donors (Lipinski definition) is 0. The van der Waals surface area contributed by atoms with Crippen molar-refractivity contribution in [3.63, 3.8) is 0 Å². The van der Waals surface area contributed by atoms with Crippen molar-refractivity contribution in [2.45, 2.75) is 6.92 Å². The molecule has 268 valence electrons. The molecule has 0 unspecified atom stereocenters. The number of allylic oxidation sites excluding steroid dienone is 1. The summed E-state index contributed by atoms with van der Waals surface area (Å²) in [6.45, 7) is 6.00. The molecule has 5 nitrogen and oxygen atoms in total. The van der Waals surface area contributed by atoms with Crippen molar-refractivity contribution in [2.24, 2.45) is 4.99 Å². The van der Waals surface area contributed by atoms with E-state index in [0.717, 1.165) is 55.3 Å². The van der Waals surface area contributed by atoms with Crippen molar-refractivity contribution in [3.05, 3.63) is 182 Å². The van der Waals surface area contributed by atoms with Gasteiger partial charge in [-0.05, 0) is 94.9 Å². The number of hydrogen-bond acceptors (Lipinski definition) is 3. The first-order chi connectivity index (χ1) is 28.2. The van der Waals surface area contributed by atoms with Gasteiger partial charge in [-0.2, -0.15) is 0 Å². The third kappa shape index (κ3) is 4.99. The Kier molecular flexibility index (Phi) is 7.47. The Hall–Kier alpha value is -7.63. The van der Waals surface area contributed by atoms with Crippen molar-refractivity contribution in [1.29, 1.82) is 0 Å². The molecule has 0 fully saturated rings. The maximum atomic E-state index is 5.42. The first kappa shape index (κ1) is 32.8. The zero-order valence-corrected chi connectivity index (χ0v) is 31.3. The van der Waals surface area contributed by atoms with E-state index >= 15 is 0 Å². The van der Waals surface area contributed by atoms with E-state index in [1.54, 1.807) is 0 Å².